The molecule has 1 amide bonds. The van der Waals surface area contributed by atoms with Crippen molar-refractivity contribution in [3.63, 3.8) is 0 Å². The maximum atomic E-state index is 13.2. The molecule has 0 bridgehead atoms. The molecule has 0 aliphatic carbocycles. The van der Waals surface area contributed by atoms with Gasteiger partial charge in [-0.2, -0.15) is 0 Å². The first kappa shape index (κ1) is 24.3. The lowest BCUT2D eigenvalue weighted by atomic mass is 9.99. The number of nitrogens with zero attached hydrogens (tertiary/aromatic N) is 4. The first-order valence-electron chi connectivity index (χ1n) is 11.6. The molecule has 1 aliphatic rings. The molecule has 3 aromatic carbocycles. The molecule has 4 rings (SSSR count). The first-order valence-corrected chi connectivity index (χ1v) is 11.6. The van der Waals surface area contributed by atoms with Crippen LogP contribution in [0.15, 0.2) is 96.1 Å². The number of hydrogen-bond acceptors (Lipinski definition) is 5. The van der Waals surface area contributed by atoms with Crippen LogP contribution in [0.4, 0.5) is 4.79 Å². The van der Waals surface area contributed by atoms with Gasteiger partial charge in [-0.15, -0.1) is 0 Å². The van der Waals surface area contributed by atoms with Gasteiger partial charge in [-0.25, -0.2) is 4.79 Å². The van der Waals surface area contributed by atoms with Crippen molar-refractivity contribution < 1.29 is 19.0 Å². The third-order valence-corrected chi connectivity index (χ3v) is 5.89. The predicted octanol–water partition coefficient (Wildman–Crippen LogP) is 6.18. The van der Waals surface area contributed by atoms with Crippen LogP contribution in [0.2, 0.25) is 0 Å². The Balaban J connectivity index is 1.73. The lowest BCUT2D eigenvalue weighted by molar-refractivity contribution is -0.108. The van der Waals surface area contributed by atoms with Crippen LogP contribution >= 0.6 is 0 Å². The molecule has 1 aliphatic heterocycles. The van der Waals surface area contributed by atoms with Crippen molar-refractivity contribution in [2.75, 3.05) is 13.2 Å². The van der Waals surface area contributed by atoms with E-state index in [4.69, 9.17) is 14.2 Å². The molecular weight excluding hydrogens is 444 g/mol. The molecule has 1 heterocycles. The first-order chi connectivity index (χ1) is 17.2. The standard InChI is InChI=1S/C27H28N4O4/c1-2-33-27(32)31-23(21-14-8-4-9-15-21)19-35-26(31)25(34-18-20-12-6-3-7-13-20)24(29-30-28)22-16-10-5-11-17-22/h3-17,23-26H,2,18-19H2,1H3/t23-,24+,25+,26?/m0/s1. The average Bonchev–Trinajstić information content (AvgIpc) is 3.35. The molecule has 1 saturated heterocycles. The Morgan fingerprint density at radius 2 is 1.69 bits per heavy atom. The minimum Gasteiger partial charge on any atom is -0.450 e. The normalized spacial score (nSPS) is 18.9. The number of hydrogen-bond donors (Lipinski definition) is 0. The summed E-state index contributed by atoms with van der Waals surface area (Å²) in [5.74, 6) is 0. The number of azide groups is 1. The van der Waals surface area contributed by atoms with E-state index in [-0.39, 0.29) is 25.9 Å². The van der Waals surface area contributed by atoms with Gasteiger partial charge in [-0.3, -0.25) is 4.90 Å². The Hall–Kier alpha value is -3.84. The van der Waals surface area contributed by atoms with Crippen LogP contribution in [-0.2, 0) is 20.8 Å². The summed E-state index contributed by atoms with van der Waals surface area (Å²) in [7, 11) is 0. The molecule has 35 heavy (non-hydrogen) atoms. The van der Waals surface area contributed by atoms with E-state index in [1.165, 1.54) is 0 Å². The summed E-state index contributed by atoms with van der Waals surface area (Å²) in [4.78, 5) is 17.9. The molecule has 180 valence electrons. The maximum Gasteiger partial charge on any atom is 0.412 e. The number of rotatable bonds is 9. The van der Waals surface area contributed by atoms with Crippen LogP contribution in [0.3, 0.4) is 0 Å². The van der Waals surface area contributed by atoms with Gasteiger partial charge in [0.15, 0.2) is 6.23 Å². The smallest absolute Gasteiger partial charge is 0.412 e. The highest BCUT2D eigenvalue weighted by atomic mass is 16.6. The molecule has 1 fully saturated rings. The van der Waals surface area contributed by atoms with E-state index in [2.05, 4.69) is 10.0 Å². The highest BCUT2D eigenvalue weighted by molar-refractivity contribution is 5.69. The van der Waals surface area contributed by atoms with Gasteiger partial charge in [0.1, 0.15) is 6.10 Å². The van der Waals surface area contributed by atoms with Crippen molar-refractivity contribution in [2.24, 2.45) is 5.11 Å². The average molecular weight is 473 g/mol. The van der Waals surface area contributed by atoms with Gasteiger partial charge in [-0.1, -0.05) is 96.1 Å². The molecule has 3 aromatic rings. The van der Waals surface area contributed by atoms with Crippen molar-refractivity contribution in [3.05, 3.63) is 118 Å². The van der Waals surface area contributed by atoms with Crippen LogP contribution in [0.25, 0.3) is 10.4 Å². The summed E-state index contributed by atoms with van der Waals surface area (Å²) in [6, 6.07) is 27.6. The molecule has 4 atom stereocenters. The minimum atomic E-state index is -0.835. The quantitative estimate of drug-likeness (QED) is 0.211. The van der Waals surface area contributed by atoms with Gasteiger partial charge in [-0.05, 0) is 29.1 Å². The summed E-state index contributed by atoms with van der Waals surface area (Å²) >= 11 is 0. The highest BCUT2D eigenvalue weighted by Crippen LogP contribution is 2.38. The van der Waals surface area contributed by atoms with Gasteiger partial charge in [0.05, 0.1) is 31.9 Å². The second kappa shape index (κ2) is 12.0. The molecule has 8 nitrogen and oxygen atoms in total. The molecule has 0 N–H and O–H groups in total. The molecule has 8 heteroatoms. The second-order valence-electron chi connectivity index (χ2n) is 8.08. The highest BCUT2D eigenvalue weighted by Gasteiger charge is 2.47. The Morgan fingerprint density at radius 1 is 1.06 bits per heavy atom. The van der Waals surface area contributed by atoms with Crippen LogP contribution in [0.1, 0.15) is 35.7 Å². The fourth-order valence-electron chi connectivity index (χ4n) is 4.27. The Morgan fingerprint density at radius 3 is 2.31 bits per heavy atom. The summed E-state index contributed by atoms with van der Waals surface area (Å²) in [5.41, 5.74) is 12.1. The van der Waals surface area contributed by atoms with E-state index < -0.39 is 24.5 Å². The van der Waals surface area contributed by atoms with E-state index in [1.807, 2.05) is 91.0 Å². The molecule has 1 unspecified atom stereocenters. The third-order valence-electron chi connectivity index (χ3n) is 5.89. The molecule has 0 spiro atoms. The van der Waals surface area contributed by atoms with E-state index in [0.717, 1.165) is 16.7 Å². The predicted molar refractivity (Wildman–Crippen MR) is 131 cm³/mol. The zero-order chi connectivity index (χ0) is 24.5. The number of ether oxygens (including phenoxy) is 3. The van der Waals surface area contributed by atoms with E-state index in [0.29, 0.717) is 0 Å². The number of amides is 1. The monoisotopic (exact) mass is 472 g/mol. The summed E-state index contributed by atoms with van der Waals surface area (Å²) in [5, 5.41) is 4.09. The van der Waals surface area contributed by atoms with E-state index in [1.54, 1.807) is 11.8 Å². The second-order valence-corrected chi connectivity index (χ2v) is 8.08. The SMILES string of the molecule is CCOC(=O)N1C([C@H](OCc2ccccc2)[C@H](N=[N+]=[N-])c2ccccc2)OC[C@H]1c1ccccc1. The largest absolute Gasteiger partial charge is 0.450 e. The van der Waals surface area contributed by atoms with Crippen molar-refractivity contribution >= 4 is 6.09 Å². The van der Waals surface area contributed by atoms with Crippen molar-refractivity contribution in [1.29, 1.82) is 0 Å². The maximum absolute atomic E-state index is 13.2. The third kappa shape index (κ3) is 5.81. The Bertz CT molecular complexity index is 1120. The summed E-state index contributed by atoms with van der Waals surface area (Å²) in [6.07, 6.45) is -2.13. The van der Waals surface area contributed by atoms with Crippen molar-refractivity contribution in [2.45, 2.75) is 37.9 Å². The lowest BCUT2D eigenvalue weighted by Gasteiger charge is -2.35. The summed E-state index contributed by atoms with van der Waals surface area (Å²) < 4.78 is 18.0. The summed E-state index contributed by atoms with van der Waals surface area (Å²) in [6.45, 7) is 2.49. The molecule has 0 aromatic heterocycles. The van der Waals surface area contributed by atoms with Crippen LogP contribution in [-0.4, -0.2) is 36.5 Å². The van der Waals surface area contributed by atoms with Gasteiger partial charge in [0.25, 0.3) is 0 Å². The molecule has 0 radical (unpaired) electrons. The van der Waals surface area contributed by atoms with E-state index in [9.17, 15) is 10.3 Å². The topological polar surface area (TPSA) is 96.8 Å². The number of carbonyl (C=O) groups excluding carboxylic acids is 1. The fraction of sp³-hybridized carbons (Fsp3) is 0.296. The number of benzene rings is 3. The fourth-order valence-corrected chi connectivity index (χ4v) is 4.27. The minimum absolute atomic E-state index is 0.220. The Labute approximate surface area is 204 Å². The van der Waals surface area contributed by atoms with Gasteiger partial charge < -0.3 is 14.2 Å². The van der Waals surface area contributed by atoms with Crippen LogP contribution < -0.4 is 0 Å². The molecule has 0 saturated carbocycles. The van der Waals surface area contributed by atoms with Crippen LogP contribution in [0, 0.1) is 0 Å². The molecular formula is C27H28N4O4. The van der Waals surface area contributed by atoms with E-state index >= 15 is 0 Å². The van der Waals surface area contributed by atoms with Gasteiger partial charge in [0, 0.05) is 4.91 Å². The van der Waals surface area contributed by atoms with Gasteiger partial charge in [0.2, 0.25) is 0 Å². The Kier molecular flexibility index (Phi) is 8.35. The zero-order valence-electron chi connectivity index (χ0n) is 19.5. The lowest BCUT2D eigenvalue weighted by Crippen LogP contribution is -2.47. The van der Waals surface area contributed by atoms with Crippen molar-refractivity contribution in [1.82, 2.24) is 4.90 Å². The number of carbonyl (C=O) groups is 1. The van der Waals surface area contributed by atoms with Crippen LogP contribution in [0.5, 0.6) is 0 Å². The zero-order valence-corrected chi connectivity index (χ0v) is 19.5. The van der Waals surface area contributed by atoms with Gasteiger partial charge >= 0.3 is 6.09 Å². The van der Waals surface area contributed by atoms with Crippen molar-refractivity contribution in [3.8, 4) is 0 Å².